The van der Waals surface area contributed by atoms with Crippen LogP contribution in [0.2, 0.25) is 0 Å². The monoisotopic (exact) mass is 282 g/mol. The molecule has 2 N–H and O–H groups in total. The van der Waals surface area contributed by atoms with E-state index in [1.54, 1.807) is 6.20 Å². The normalized spacial score (nSPS) is 10.5. The first-order valence-corrected chi connectivity index (χ1v) is 6.29. The van der Waals surface area contributed by atoms with Crippen molar-refractivity contribution in [2.75, 3.05) is 5.32 Å². The van der Waals surface area contributed by atoms with Gasteiger partial charge in [0.2, 0.25) is 0 Å². The summed E-state index contributed by atoms with van der Waals surface area (Å²) in [6.07, 6.45) is 1.63. The fourth-order valence-corrected chi connectivity index (χ4v) is 2.10. The molecule has 0 spiro atoms. The zero-order valence-corrected chi connectivity index (χ0v) is 10.9. The molecule has 1 heterocycles. The maximum atomic E-state index is 13.9. The van der Waals surface area contributed by atoms with Crippen LogP contribution in [0.15, 0.2) is 54.7 Å². The number of hydrogen-bond donors (Lipinski definition) is 2. The van der Waals surface area contributed by atoms with Gasteiger partial charge in [0.05, 0.1) is 11.3 Å². The lowest BCUT2D eigenvalue weighted by Crippen LogP contribution is -2.01. The molecule has 0 aliphatic rings. The molecule has 3 aromatic rings. The number of carbonyl (C=O) groups is 1. The fraction of sp³-hybridized carbons (Fsp3) is 0. The van der Waals surface area contributed by atoms with Gasteiger partial charge in [-0.2, -0.15) is 0 Å². The number of aromatic carboxylic acids is 1. The highest BCUT2D eigenvalue weighted by Gasteiger charge is 2.10. The molecule has 21 heavy (non-hydrogen) atoms. The van der Waals surface area contributed by atoms with Gasteiger partial charge in [0.1, 0.15) is 11.6 Å². The molecule has 2 aromatic carbocycles. The summed E-state index contributed by atoms with van der Waals surface area (Å²) in [6, 6.07) is 13.2. The molecule has 4 nitrogen and oxygen atoms in total. The molecule has 0 saturated heterocycles. The number of carboxylic acids is 1. The van der Waals surface area contributed by atoms with E-state index in [-0.39, 0.29) is 11.3 Å². The van der Waals surface area contributed by atoms with Crippen molar-refractivity contribution in [3.05, 3.63) is 66.1 Å². The molecular weight excluding hydrogens is 271 g/mol. The number of anilines is 2. The summed E-state index contributed by atoms with van der Waals surface area (Å²) in [6.45, 7) is 0. The SMILES string of the molecule is O=C(O)c1ccc(Nc2nccc3ccccc23)c(F)c1. The van der Waals surface area contributed by atoms with Crippen molar-refractivity contribution in [2.24, 2.45) is 0 Å². The highest BCUT2D eigenvalue weighted by Crippen LogP contribution is 2.25. The second-order valence-corrected chi connectivity index (χ2v) is 4.51. The minimum atomic E-state index is -1.16. The molecule has 0 bridgehead atoms. The Morgan fingerprint density at radius 2 is 1.95 bits per heavy atom. The summed E-state index contributed by atoms with van der Waals surface area (Å²) in [4.78, 5) is 15.0. The Labute approximate surface area is 119 Å². The van der Waals surface area contributed by atoms with Crippen molar-refractivity contribution in [1.82, 2.24) is 4.98 Å². The van der Waals surface area contributed by atoms with Gasteiger partial charge < -0.3 is 10.4 Å². The zero-order valence-electron chi connectivity index (χ0n) is 10.9. The van der Waals surface area contributed by atoms with Gasteiger partial charge in [-0.1, -0.05) is 24.3 Å². The minimum Gasteiger partial charge on any atom is -0.478 e. The molecule has 104 valence electrons. The zero-order chi connectivity index (χ0) is 14.8. The van der Waals surface area contributed by atoms with Crippen LogP contribution in [0.5, 0.6) is 0 Å². The van der Waals surface area contributed by atoms with Gasteiger partial charge in [0, 0.05) is 11.6 Å². The summed E-state index contributed by atoms with van der Waals surface area (Å²) < 4.78 is 13.9. The van der Waals surface area contributed by atoms with Gasteiger partial charge in [-0.15, -0.1) is 0 Å². The second-order valence-electron chi connectivity index (χ2n) is 4.51. The van der Waals surface area contributed by atoms with Crippen molar-refractivity contribution < 1.29 is 14.3 Å². The number of nitrogens with one attached hydrogen (secondary N) is 1. The number of pyridine rings is 1. The third-order valence-electron chi connectivity index (χ3n) is 3.14. The molecule has 0 aliphatic heterocycles. The first-order chi connectivity index (χ1) is 10.1. The van der Waals surface area contributed by atoms with Crippen molar-refractivity contribution >= 4 is 28.2 Å². The van der Waals surface area contributed by atoms with Gasteiger partial charge in [0.25, 0.3) is 0 Å². The van der Waals surface area contributed by atoms with Crippen LogP contribution in [-0.2, 0) is 0 Å². The first kappa shape index (κ1) is 13.1. The minimum absolute atomic E-state index is 0.0936. The molecule has 0 amide bonds. The van der Waals surface area contributed by atoms with E-state index in [1.165, 1.54) is 12.1 Å². The van der Waals surface area contributed by atoms with E-state index in [1.807, 2.05) is 30.3 Å². The summed E-state index contributed by atoms with van der Waals surface area (Å²) in [5.41, 5.74) is 0.0905. The van der Waals surface area contributed by atoms with Crippen LogP contribution in [0.4, 0.5) is 15.9 Å². The van der Waals surface area contributed by atoms with E-state index in [9.17, 15) is 9.18 Å². The van der Waals surface area contributed by atoms with Crippen molar-refractivity contribution in [2.45, 2.75) is 0 Å². The lowest BCUT2D eigenvalue weighted by Gasteiger charge is -2.10. The average Bonchev–Trinajstić information content (AvgIpc) is 2.49. The van der Waals surface area contributed by atoms with Crippen LogP contribution in [0.1, 0.15) is 10.4 Å². The Kier molecular flexibility index (Phi) is 3.23. The second kappa shape index (κ2) is 5.20. The van der Waals surface area contributed by atoms with Gasteiger partial charge in [-0.3, -0.25) is 0 Å². The first-order valence-electron chi connectivity index (χ1n) is 6.29. The quantitative estimate of drug-likeness (QED) is 0.766. The average molecular weight is 282 g/mol. The molecule has 3 rings (SSSR count). The number of aromatic nitrogens is 1. The number of nitrogens with zero attached hydrogens (tertiary/aromatic N) is 1. The number of carboxylic acid groups (broad SMARTS) is 1. The summed E-state index contributed by atoms with van der Waals surface area (Å²) in [7, 11) is 0. The van der Waals surface area contributed by atoms with Crippen molar-refractivity contribution in [3.63, 3.8) is 0 Å². The van der Waals surface area contributed by atoms with Crippen molar-refractivity contribution in [3.8, 4) is 0 Å². The molecule has 0 atom stereocenters. The van der Waals surface area contributed by atoms with Crippen LogP contribution in [-0.4, -0.2) is 16.1 Å². The smallest absolute Gasteiger partial charge is 0.335 e. The standard InChI is InChI=1S/C16H11FN2O2/c17-13-9-11(16(20)21)5-6-14(13)19-15-12-4-2-1-3-10(12)7-8-18-15/h1-9H,(H,18,19)(H,20,21). The van der Waals surface area contributed by atoms with Gasteiger partial charge in [-0.25, -0.2) is 14.2 Å². The number of hydrogen-bond acceptors (Lipinski definition) is 3. The highest BCUT2D eigenvalue weighted by atomic mass is 19.1. The number of halogens is 1. The molecule has 0 radical (unpaired) electrons. The molecular formula is C16H11FN2O2. The Bertz CT molecular complexity index is 828. The predicted octanol–water partition coefficient (Wildman–Crippen LogP) is 3.82. The topological polar surface area (TPSA) is 62.2 Å². The van der Waals surface area contributed by atoms with Gasteiger partial charge >= 0.3 is 5.97 Å². The highest BCUT2D eigenvalue weighted by molar-refractivity contribution is 5.93. The third-order valence-corrected chi connectivity index (χ3v) is 3.14. The summed E-state index contributed by atoms with van der Waals surface area (Å²) in [5.74, 6) is -1.27. The Balaban J connectivity index is 2.01. The van der Waals surface area contributed by atoms with Crippen LogP contribution in [0, 0.1) is 5.82 Å². The number of fused-ring (bicyclic) bond motifs is 1. The summed E-state index contributed by atoms with van der Waals surface area (Å²) in [5, 5.41) is 13.6. The van der Waals surface area contributed by atoms with E-state index in [4.69, 9.17) is 5.11 Å². The molecule has 0 aliphatic carbocycles. The van der Waals surface area contributed by atoms with Crippen LogP contribution in [0.25, 0.3) is 10.8 Å². The Morgan fingerprint density at radius 3 is 2.71 bits per heavy atom. The molecule has 0 fully saturated rings. The maximum Gasteiger partial charge on any atom is 0.335 e. The van der Waals surface area contributed by atoms with E-state index in [2.05, 4.69) is 10.3 Å². The number of benzene rings is 2. The molecule has 5 heteroatoms. The van der Waals surface area contributed by atoms with E-state index >= 15 is 0 Å². The molecule has 0 saturated carbocycles. The maximum absolute atomic E-state index is 13.9. The van der Waals surface area contributed by atoms with E-state index < -0.39 is 11.8 Å². The van der Waals surface area contributed by atoms with Gasteiger partial charge in [-0.05, 0) is 29.7 Å². The molecule has 0 unspecified atom stereocenters. The third kappa shape index (κ3) is 2.53. The molecule has 1 aromatic heterocycles. The predicted molar refractivity (Wildman–Crippen MR) is 78.4 cm³/mol. The Morgan fingerprint density at radius 1 is 1.14 bits per heavy atom. The van der Waals surface area contributed by atoms with Gasteiger partial charge in [0.15, 0.2) is 0 Å². The lowest BCUT2D eigenvalue weighted by molar-refractivity contribution is 0.0696. The van der Waals surface area contributed by atoms with Crippen LogP contribution >= 0.6 is 0 Å². The lowest BCUT2D eigenvalue weighted by atomic mass is 10.1. The van der Waals surface area contributed by atoms with E-state index in [0.717, 1.165) is 16.8 Å². The van der Waals surface area contributed by atoms with E-state index in [0.29, 0.717) is 5.82 Å². The van der Waals surface area contributed by atoms with Crippen molar-refractivity contribution in [1.29, 1.82) is 0 Å². The van der Waals surface area contributed by atoms with Crippen LogP contribution < -0.4 is 5.32 Å². The van der Waals surface area contributed by atoms with Crippen LogP contribution in [0.3, 0.4) is 0 Å². The Hall–Kier alpha value is -2.95. The summed E-state index contributed by atoms with van der Waals surface area (Å²) >= 11 is 0. The fourth-order valence-electron chi connectivity index (χ4n) is 2.10. The largest absolute Gasteiger partial charge is 0.478 e. The number of rotatable bonds is 3.